The van der Waals surface area contributed by atoms with Crippen molar-refractivity contribution in [3.8, 4) is 34.8 Å². The molecule has 1 aromatic heterocycles. The SMILES string of the molecule is COC(=O)c1ccc(OCCCOc2cccc(-c3c(C#N)c(N)[nH]c(=O)c3C#N)c2)cc1. The first kappa shape index (κ1) is 22.9. The summed E-state index contributed by atoms with van der Waals surface area (Å²) < 4.78 is 16.0. The second-order valence-electron chi connectivity index (χ2n) is 6.81. The van der Waals surface area contributed by atoms with E-state index in [9.17, 15) is 20.1 Å². The van der Waals surface area contributed by atoms with Crippen LogP contribution in [0.4, 0.5) is 5.82 Å². The fraction of sp³-hybridized carbons (Fsp3) is 0.167. The van der Waals surface area contributed by atoms with Crippen molar-refractivity contribution in [1.82, 2.24) is 4.98 Å². The lowest BCUT2D eigenvalue weighted by Gasteiger charge is -2.11. The Balaban J connectivity index is 1.63. The molecule has 9 heteroatoms. The number of nitrogens with zero attached hydrogens (tertiary/aromatic N) is 2. The van der Waals surface area contributed by atoms with Crippen molar-refractivity contribution < 1.29 is 19.0 Å². The van der Waals surface area contributed by atoms with Gasteiger partial charge in [0.1, 0.15) is 40.6 Å². The van der Waals surface area contributed by atoms with E-state index in [0.29, 0.717) is 42.3 Å². The zero-order chi connectivity index (χ0) is 23.8. The topological polar surface area (TPSA) is 151 Å². The van der Waals surface area contributed by atoms with Crippen molar-refractivity contribution in [1.29, 1.82) is 10.5 Å². The number of nitrogens with one attached hydrogen (secondary N) is 1. The molecule has 3 N–H and O–H groups in total. The number of H-pyrrole nitrogens is 1. The average Bonchev–Trinajstić information content (AvgIpc) is 2.83. The number of nitriles is 2. The Bertz CT molecular complexity index is 1300. The van der Waals surface area contributed by atoms with Crippen LogP contribution < -0.4 is 20.8 Å². The summed E-state index contributed by atoms with van der Waals surface area (Å²) in [5, 5.41) is 18.9. The van der Waals surface area contributed by atoms with Crippen LogP contribution in [0.5, 0.6) is 11.5 Å². The highest BCUT2D eigenvalue weighted by atomic mass is 16.5. The number of anilines is 1. The molecule has 3 rings (SSSR count). The number of aromatic nitrogens is 1. The molecule has 0 bridgehead atoms. The molecular weight excluding hydrogens is 424 g/mol. The van der Waals surface area contributed by atoms with Gasteiger partial charge in [-0.05, 0) is 42.0 Å². The number of benzene rings is 2. The van der Waals surface area contributed by atoms with E-state index in [1.54, 1.807) is 48.5 Å². The summed E-state index contributed by atoms with van der Waals surface area (Å²) in [5.41, 5.74) is 6.02. The summed E-state index contributed by atoms with van der Waals surface area (Å²) in [6, 6.07) is 17.1. The highest BCUT2D eigenvalue weighted by molar-refractivity contribution is 5.89. The molecule has 9 nitrogen and oxygen atoms in total. The summed E-state index contributed by atoms with van der Waals surface area (Å²) in [6.45, 7) is 0.733. The summed E-state index contributed by atoms with van der Waals surface area (Å²) in [5.74, 6) is 0.606. The number of nitrogens with two attached hydrogens (primary N) is 1. The summed E-state index contributed by atoms with van der Waals surface area (Å²) in [4.78, 5) is 25.9. The normalized spacial score (nSPS) is 10.0. The maximum Gasteiger partial charge on any atom is 0.337 e. The van der Waals surface area contributed by atoms with E-state index >= 15 is 0 Å². The molecular formula is C24H20N4O5. The van der Waals surface area contributed by atoms with Gasteiger partial charge in [0.25, 0.3) is 5.56 Å². The van der Waals surface area contributed by atoms with Gasteiger partial charge in [-0.1, -0.05) is 12.1 Å². The van der Waals surface area contributed by atoms with Crippen LogP contribution in [-0.4, -0.2) is 31.3 Å². The molecule has 0 aliphatic rings. The van der Waals surface area contributed by atoms with Crippen LogP contribution in [0, 0.1) is 22.7 Å². The Labute approximate surface area is 189 Å². The monoisotopic (exact) mass is 444 g/mol. The summed E-state index contributed by atoms with van der Waals surface area (Å²) in [7, 11) is 1.32. The van der Waals surface area contributed by atoms with Gasteiger partial charge >= 0.3 is 5.97 Å². The molecule has 1 heterocycles. The number of ether oxygens (including phenoxy) is 3. The molecule has 33 heavy (non-hydrogen) atoms. The zero-order valence-corrected chi connectivity index (χ0v) is 17.8. The largest absolute Gasteiger partial charge is 0.493 e. The number of carbonyl (C=O) groups excluding carboxylic acids is 1. The number of aromatic amines is 1. The van der Waals surface area contributed by atoms with Crippen LogP contribution in [0.25, 0.3) is 11.1 Å². The van der Waals surface area contributed by atoms with Gasteiger partial charge in [0.2, 0.25) is 0 Å². The minimum absolute atomic E-state index is 0.0231. The van der Waals surface area contributed by atoms with E-state index in [-0.39, 0.29) is 22.5 Å². The van der Waals surface area contributed by atoms with Crippen molar-refractivity contribution in [2.45, 2.75) is 6.42 Å². The van der Waals surface area contributed by atoms with Gasteiger partial charge in [0.15, 0.2) is 0 Å². The quantitative estimate of drug-likeness (QED) is 0.397. The molecule has 0 unspecified atom stereocenters. The van der Waals surface area contributed by atoms with E-state index < -0.39 is 11.5 Å². The fourth-order valence-corrected chi connectivity index (χ4v) is 3.12. The van der Waals surface area contributed by atoms with Crippen molar-refractivity contribution in [2.24, 2.45) is 0 Å². The average molecular weight is 444 g/mol. The van der Waals surface area contributed by atoms with Gasteiger partial charge < -0.3 is 24.9 Å². The Kier molecular flexibility index (Phi) is 7.30. The number of hydrogen-bond acceptors (Lipinski definition) is 8. The lowest BCUT2D eigenvalue weighted by atomic mass is 9.96. The Morgan fingerprint density at radius 1 is 1.00 bits per heavy atom. The molecule has 3 aromatic rings. The van der Waals surface area contributed by atoms with Gasteiger partial charge in [-0.15, -0.1) is 0 Å². The van der Waals surface area contributed by atoms with Gasteiger partial charge in [0, 0.05) is 12.0 Å². The predicted molar refractivity (Wildman–Crippen MR) is 120 cm³/mol. The molecule has 166 valence electrons. The number of hydrogen-bond donors (Lipinski definition) is 2. The number of pyridine rings is 1. The van der Waals surface area contributed by atoms with E-state index in [0.717, 1.165) is 0 Å². The number of nitrogen functional groups attached to an aromatic ring is 1. The molecule has 2 aromatic carbocycles. The Hall–Kier alpha value is -4.76. The third-order valence-electron chi connectivity index (χ3n) is 4.69. The van der Waals surface area contributed by atoms with Crippen LogP contribution in [-0.2, 0) is 4.74 Å². The molecule has 0 amide bonds. The predicted octanol–water partition coefficient (Wildman–Crippen LogP) is 3.00. The Morgan fingerprint density at radius 3 is 2.30 bits per heavy atom. The molecule has 0 aliphatic heterocycles. The number of carbonyl (C=O) groups is 1. The lowest BCUT2D eigenvalue weighted by Crippen LogP contribution is -2.16. The maximum atomic E-state index is 12.1. The first-order valence-electron chi connectivity index (χ1n) is 9.88. The highest BCUT2D eigenvalue weighted by Crippen LogP contribution is 2.30. The number of rotatable bonds is 8. The van der Waals surface area contributed by atoms with Crippen molar-refractivity contribution in [2.75, 3.05) is 26.1 Å². The molecule has 0 saturated carbocycles. The van der Waals surface area contributed by atoms with Crippen LogP contribution in [0.3, 0.4) is 0 Å². The van der Waals surface area contributed by atoms with Crippen LogP contribution in [0.15, 0.2) is 53.3 Å². The minimum Gasteiger partial charge on any atom is -0.493 e. The van der Waals surface area contributed by atoms with Crippen LogP contribution in [0.1, 0.15) is 27.9 Å². The first-order chi connectivity index (χ1) is 16.0. The van der Waals surface area contributed by atoms with Gasteiger partial charge in [-0.25, -0.2) is 4.79 Å². The Morgan fingerprint density at radius 2 is 1.67 bits per heavy atom. The van der Waals surface area contributed by atoms with Crippen LogP contribution >= 0.6 is 0 Å². The molecule has 0 aliphatic carbocycles. The third-order valence-corrected chi connectivity index (χ3v) is 4.69. The highest BCUT2D eigenvalue weighted by Gasteiger charge is 2.18. The van der Waals surface area contributed by atoms with Crippen molar-refractivity contribution in [3.05, 3.63) is 75.6 Å². The smallest absolute Gasteiger partial charge is 0.337 e. The van der Waals surface area contributed by atoms with Gasteiger partial charge in [-0.2, -0.15) is 10.5 Å². The summed E-state index contributed by atoms with van der Waals surface area (Å²) >= 11 is 0. The van der Waals surface area contributed by atoms with E-state index in [4.69, 9.17) is 15.2 Å². The van der Waals surface area contributed by atoms with Crippen molar-refractivity contribution in [3.63, 3.8) is 0 Å². The first-order valence-corrected chi connectivity index (χ1v) is 9.88. The van der Waals surface area contributed by atoms with Crippen molar-refractivity contribution >= 4 is 11.8 Å². The third kappa shape index (κ3) is 5.30. The number of esters is 1. The van der Waals surface area contributed by atoms with Crippen LogP contribution in [0.2, 0.25) is 0 Å². The second-order valence-corrected chi connectivity index (χ2v) is 6.81. The fourth-order valence-electron chi connectivity index (χ4n) is 3.12. The minimum atomic E-state index is -0.660. The molecule has 0 radical (unpaired) electrons. The zero-order valence-electron chi connectivity index (χ0n) is 17.8. The molecule has 0 atom stereocenters. The van der Waals surface area contributed by atoms with Gasteiger partial charge in [-0.3, -0.25) is 4.79 Å². The lowest BCUT2D eigenvalue weighted by molar-refractivity contribution is 0.0600. The van der Waals surface area contributed by atoms with E-state index in [2.05, 4.69) is 9.72 Å². The second kappa shape index (κ2) is 10.5. The van der Waals surface area contributed by atoms with E-state index in [1.807, 2.05) is 12.1 Å². The standard InChI is InChI=1S/C24H20N4O5/c1-31-24(30)15-6-8-17(9-7-15)32-10-3-11-33-18-5-2-4-16(12-18)21-19(13-25)22(27)28-23(29)20(21)14-26/h2,4-9,12H,3,10-11H2,1H3,(H3,27,28,29). The maximum absolute atomic E-state index is 12.1. The molecule has 0 spiro atoms. The van der Waals surface area contributed by atoms with Gasteiger partial charge in [0.05, 0.1) is 25.9 Å². The number of methoxy groups -OCH3 is 1. The summed E-state index contributed by atoms with van der Waals surface area (Å²) in [6.07, 6.45) is 0.577. The van der Waals surface area contributed by atoms with E-state index in [1.165, 1.54) is 7.11 Å². The molecule has 0 saturated heterocycles. The molecule has 0 fully saturated rings.